The molecule has 3 rings (SSSR count). The maximum Gasteiger partial charge on any atom is 0.234 e. The van der Waals surface area contributed by atoms with E-state index in [9.17, 15) is 4.79 Å². The largest absolute Gasteiger partial charge is 0.344 e. The minimum Gasteiger partial charge on any atom is -0.344 e. The number of halogens is 1. The van der Waals surface area contributed by atoms with E-state index in [4.69, 9.17) is 16.6 Å². The number of aryl methyl sites for hydroxylation is 1. The topological polar surface area (TPSA) is 44.7 Å². The van der Waals surface area contributed by atoms with Gasteiger partial charge >= 0.3 is 0 Å². The Kier molecular flexibility index (Phi) is 5.71. The third-order valence-corrected chi connectivity index (χ3v) is 6.33. The van der Waals surface area contributed by atoms with Gasteiger partial charge in [0.1, 0.15) is 10.8 Å². The minimum absolute atomic E-state index is 0.0645. The summed E-state index contributed by atoms with van der Waals surface area (Å²) in [4.78, 5) is 20.6. The maximum absolute atomic E-state index is 12.4. The molecule has 1 aliphatic rings. The zero-order valence-corrected chi connectivity index (χ0v) is 16.8. The molecule has 0 saturated heterocycles. The highest BCUT2D eigenvalue weighted by Crippen LogP contribution is 2.26. The number of fused-ring (bicyclic) bond motifs is 1. The lowest BCUT2D eigenvalue weighted by molar-refractivity contribution is -0.113. The second kappa shape index (κ2) is 7.81. The van der Waals surface area contributed by atoms with Gasteiger partial charge in [0.25, 0.3) is 0 Å². The summed E-state index contributed by atoms with van der Waals surface area (Å²) in [6, 6.07) is 9.43. The minimum atomic E-state index is -0.0645. The molecule has 0 saturated carbocycles. The van der Waals surface area contributed by atoms with Gasteiger partial charge < -0.3 is 10.2 Å². The number of rotatable bonds is 5. The van der Waals surface area contributed by atoms with Crippen molar-refractivity contribution in [3.05, 3.63) is 50.1 Å². The predicted molar refractivity (Wildman–Crippen MR) is 108 cm³/mol. The number of hydrogen-bond acceptors (Lipinski definition) is 5. The standard InChI is InChI=1S/C18H20ClN3OS2/c1-4-22-12(3)20-17-13(9-11(2)25-17)18(22)24-10-16(23)21-15-8-6-5-7-14(15)19/h5-9,12H,4,10H2,1-3H3,(H,21,23)/t12-/m1/s1. The van der Waals surface area contributed by atoms with E-state index in [0.717, 1.165) is 21.5 Å². The van der Waals surface area contributed by atoms with Gasteiger partial charge in [-0.1, -0.05) is 35.5 Å². The molecule has 1 atom stereocenters. The zero-order valence-electron chi connectivity index (χ0n) is 14.4. The van der Waals surface area contributed by atoms with Crippen molar-refractivity contribution in [1.29, 1.82) is 0 Å². The summed E-state index contributed by atoms with van der Waals surface area (Å²) in [7, 11) is 0. The van der Waals surface area contributed by atoms with E-state index in [1.165, 1.54) is 4.88 Å². The van der Waals surface area contributed by atoms with E-state index in [2.05, 4.69) is 37.1 Å². The average molecular weight is 394 g/mol. The molecule has 2 aromatic rings. The van der Waals surface area contributed by atoms with Gasteiger partial charge in [0, 0.05) is 16.6 Å². The van der Waals surface area contributed by atoms with Gasteiger partial charge in [-0.05, 0) is 39.0 Å². The fourth-order valence-corrected chi connectivity index (χ4v) is 5.06. The van der Waals surface area contributed by atoms with Crippen LogP contribution in [0.3, 0.4) is 0 Å². The quantitative estimate of drug-likeness (QED) is 0.846. The van der Waals surface area contributed by atoms with Crippen molar-refractivity contribution >= 4 is 51.3 Å². The Morgan fingerprint density at radius 2 is 2.20 bits per heavy atom. The zero-order chi connectivity index (χ0) is 18.0. The van der Waals surface area contributed by atoms with Crippen LogP contribution in [0.1, 0.15) is 18.7 Å². The Bertz CT molecular complexity index is 909. The number of thiophene rings is 1. The molecule has 0 unspecified atom stereocenters. The highest BCUT2D eigenvalue weighted by Gasteiger charge is 2.22. The Morgan fingerprint density at radius 1 is 1.44 bits per heavy atom. The summed E-state index contributed by atoms with van der Waals surface area (Å²) < 4.78 is 1.06. The molecule has 0 fully saturated rings. The lowest BCUT2D eigenvalue weighted by Crippen LogP contribution is -2.42. The summed E-state index contributed by atoms with van der Waals surface area (Å²) >= 11 is 9.37. The van der Waals surface area contributed by atoms with E-state index in [1.807, 2.05) is 12.1 Å². The number of para-hydroxylation sites is 1. The van der Waals surface area contributed by atoms with Crippen molar-refractivity contribution in [2.75, 3.05) is 17.6 Å². The van der Waals surface area contributed by atoms with E-state index >= 15 is 0 Å². The molecule has 4 nitrogen and oxygen atoms in total. The van der Waals surface area contributed by atoms with Crippen LogP contribution < -0.4 is 15.2 Å². The summed E-state index contributed by atoms with van der Waals surface area (Å²) in [6.07, 6.45) is 0.0877. The normalized spacial score (nSPS) is 16.4. The van der Waals surface area contributed by atoms with Crippen LogP contribution in [-0.2, 0) is 4.79 Å². The van der Waals surface area contributed by atoms with E-state index < -0.39 is 0 Å². The van der Waals surface area contributed by atoms with Crippen molar-refractivity contribution < 1.29 is 4.79 Å². The molecule has 1 aliphatic heterocycles. The summed E-state index contributed by atoms with van der Waals surface area (Å²) in [6.45, 7) is 7.14. The Hall–Kier alpha value is -1.50. The molecule has 2 heterocycles. The van der Waals surface area contributed by atoms with E-state index in [0.29, 0.717) is 16.5 Å². The number of nitrogens with one attached hydrogen (secondary N) is 1. The van der Waals surface area contributed by atoms with Crippen LogP contribution in [-0.4, -0.2) is 29.3 Å². The van der Waals surface area contributed by atoms with Crippen LogP contribution >= 0.6 is 34.7 Å². The molecule has 0 aliphatic carbocycles. The highest BCUT2D eigenvalue weighted by atomic mass is 35.5. The number of amides is 1. The molecule has 1 aromatic carbocycles. The molecule has 0 spiro atoms. The first-order chi connectivity index (χ1) is 12.0. The number of benzene rings is 1. The number of carbonyl (C=O) groups excluding carboxylic acids is 1. The van der Waals surface area contributed by atoms with Gasteiger partial charge in [-0.2, -0.15) is 0 Å². The SMILES string of the molecule is CCN1C(SCC(=O)Nc2ccccc2Cl)=c2cc(C)sc2=N[C@H]1C. The monoisotopic (exact) mass is 393 g/mol. The van der Waals surface area contributed by atoms with Crippen LogP contribution in [0.25, 0.3) is 5.03 Å². The average Bonchev–Trinajstić information content (AvgIpc) is 2.94. The van der Waals surface area contributed by atoms with Crippen LogP contribution in [0, 0.1) is 6.92 Å². The van der Waals surface area contributed by atoms with Gasteiger partial charge in [0.15, 0.2) is 0 Å². The molecule has 25 heavy (non-hydrogen) atoms. The van der Waals surface area contributed by atoms with E-state index in [1.54, 1.807) is 35.2 Å². The molecule has 1 aromatic heterocycles. The van der Waals surface area contributed by atoms with Crippen LogP contribution in [0.5, 0.6) is 0 Å². The van der Waals surface area contributed by atoms with Gasteiger partial charge in [-0.3, -0.25) is 4.79 Å². The first-order valence-corrected chi connectivity index (χ1v) is 10.3. The number of anilines is 1. The van der Waals surface area contributed by atoms with Crippen LogP contribution in [0.4, 0.5) is 5.69 Å². The lowest BCUT2D eigenvalue weighted by Gasteiger charge is -2.31. The highest BCUT2D eigenvalue weighted by molar-refractivity contribution is 8.08. The first kappa shape index (κ1) is 18.3. The van der Waals surface area contributed by atoms with Crippen molar-refractivity contribution in [1.82, 2.24) is 4.90 Å². The van der Waals surface area contributed by atoms with Gasteiger partial charge in [0.2, 0.25) is 5.91 Å². The second-order valence-corrected chi connectivity index (χ2v) is 8.35. The fourth-order valence-electron chi connectivity index (χ4n) is 2.77. The molecule has 0 bridgehead atoms. The molecule has 0 radical (unpaired) electrons. The first-order valence-electron chi connectivity index (χ1n) is 8.12. The van der Waals surface area contributed by atoms with Crippen molar-refractivity contribution in [3.8, 4) is 0 Å². The van der Waals surface area contributed by atoms with Crippen LogP contribution in [0.15, 0.2) is 35.3 Å². The van der Waals surface area contributed by atoms with Crippen molar-refractivity contribution in [2.24, 2.45) is 4.99 Å². The number of thioether (sulfide) groups is 1. The Morgan fingerprint density at radius 3 is 2.92 bits per heavy atom. The predicted octanol–water partition coefficient (Wildman–Crippen LogP) is 3.45. The second-order valence-electron chi connectivity index (χ2n) is 5.74. The van der Waals surface area contributed by atoms with E-state index in [-0.39, 0.29) is 12.1 Å². The molecular formula is C18H20ClN3OS2. The Balaban J connectivity index is 1.80. The third-order valence-electron chi connectivity index (χ3n) is 3.91. The summed E-state index contributed by atoms with van der Waals surface area (Å²) in [5.74, 6) is 0.267. The summed E-state index contributed by atoms with van der Waals surface area (Å²) in [5, 5.41) is 5.69. The van der Waals surface area contributed by atoms with Gasteiger partial charge in [-0.25, -0.2) is 4.99 Å². The molecule has 1 N–H and O–H groups in total. The lowest BCUT2D eigenvalue weighted by atomic mass is 10.3. The molecule has 1 amide bonds. The van der Waals surface area contributed by atoms with Gasteiger partial charge in [0.05, 0.1) is 21.5 Å². The fraction of sp³-hybridized carbons (Fsp3) is 0.333. The molecule has 7 heteroatoms. The van der Waals surface area contributed by atoms with Gasteiger partial charge in [-0.15, -0.1) is 11.3 Å². The third kappa shape index (κ3) is 4.02. The van der Waals surface area contributed by atoms with Crippen LogP contribution in [0.2, 0.25) is 5.02 Å². The number of nitrogens with zero attached hydrogens (tertiary/aromatic N) is 2. The molecule has 132 valence electrons. The number of hydrogen-bond donors (Lipinski definition) is 1. The summed E-state index contributed by atoms with van der Waals surface area (Å²) in [5.41, 5.74) is 0.645. The van der Waals surface area contributed by atoms with Crippen molar-refractivity contribution in [2.45, 2.75) is 26.9 Å². The maximum atomic E-state index is 12.4. The number of carbonyl (C=O) groups is 1. The molecular weight excluding hydrogens is 374 g/mol. The smallest absolute Gasteiger partial charge is 0.234 e. The Labute approximate surface area is 160 Å². The van der Waals surface area contributed by atoms with Crippen molar-refractivity contribution in [3.63, 3.8) is 0 Å².